The van der Waals surface area contributed by atoms with Gasteiger partial charge in [-0.25, -0.2) is 0 Å². The average molecular weight is 197 g/mol. The first kappa shape index (κ1) is 10.8. The molecule has 0 amide bonds. The molecule has 2 nitrogen and oxygen atoms in total. The number of alkyl halides is 3. The highest BCUT2D eigenvalue weighted by atomic mass is 19.4. The smallest absolute Gasteiger partial charge is 0.384 e. The molecule has 0 saturated carbocycles. The predicted octanol–water partition coefficient (Wildman–Crippen LogP) is 1.40. The SMILES string of the molecule is O[C@H](CCN1CCCC1)C(F)(F)F. The van der Waals surface area contributed by atoms with Gasteiger partial charge in [0.25, 0.3) is 0 Å². The Labute approximate surface area is 75.3 Å². The molecule has 0 aromatic rings. The van der Waals surface area contributed by atoms with Crippen molar-refractivity contribution in [1.82, 2.24) is 4.90 Å². The normalized spacial score (nSPS) is 22.2. The summed E-state index contributed by atoms with van der Waals surface area (Å²) in [5, 5.41) is 8.69. The Morgan fingerprint density at radius 2 is 1.77 bits per heavy atom. The lowest BCUT2D eigenvalue weighted by Crippen LogP contribution is -2.33. The summed E-state index contributed by atoms with van der Waals surface area (Å²) in [6.07, 6.45) is -4.71. The predicted molar refractivity (Wildman–Crippen MR) is 42.4 cm³/mol. The third-order valence-corrected chi connectivity index (χ3v) is 2.30. The minimum Gasteiger partial charge on any atom is -0.384 e. The molecule has 1 aliphatic rings. The third-order valence-electron chi connectivity index (χ3n) is 2.30. The minimum atomic E-state index is -4.46. The zero-order valence-electron chi connectivity index (χ0n) is 7.35. The maximum atomic E-state index is 11.9. The summed E-state index contributed by atoms with van der Waals surface area (Å²) in [5.41, 5.74) is 0. The highest BCUT2D eigenvalue weighted by molar-refractivity contribution is 4.71. The largest absolute Gasteiger partial charge is 0.414 e. The molecule has 13 heavy (non-hydrogen) atoms. The van der Waals surface area contributed by atoms with Crippen molar-refractivity contribution in [3.05, 3.63) is 0 Å². The summed E-state index contributed by atoms with van der Waals surface area (Å²) in [6, 6.07) is 0. The number of nitrogens with zero attached hydrogens (tertiary/aromatic N) is 1. The lowest BCUT2D eigenvalue weighted by Gasteiger charge is -2.18. The Kier molecular flexibility index (Phi) is 3.55. The Morgan fingerprint density at radius 3 is 2.23 bits per heavy atom. The molecule has 0 bridgehead atoms. The number of aliphatic hydroxyl groups is 1. The van der Waals surface area contributed by atoms with Crippen LogP contribution < -0.4 is 0 Å². The van der Waals surface area contributed by atoms with Gasteiger partial charge in [-0.1, -0.05) is 0 Å². The molecule has 0 aromatic carbocycles. The Bertz CT molecular complexity index is 154. The summed E-state index contributed by atoms with van der Waals surface area (Å²) in [6.45, 7) is 2.08. The Balaban J connectivity index is 2.17. The van der Waals surface area contributed by atoms with Crippen LogP contribution in [0.1, 0.15) is 19.3 Å². The van der Waals surface area contributed by atoms with Gasteiger partial charge in [-0.15, -0.1) is 0 Å². The summed E-state index contributed by atoms with van der Waals surface area (Å²) >= 11 is 0. The van der Waals surface area contributed by atoms with Crippen LogP contribution >= 0.6 is 0 Å². The zero-order valence-corrected chi connectivity index (χ0v) is 7.35. The van der Waals surface area contributed by atoms with Gasteiger partial charge in [0, 0.05) is 6.54 Å². The summed E-state index contributed by atoms with van der Waals surface area (Å²) < 4.78 is 35.6. The van der Waals surface area contributed by atoms with Gasteiger partial charge < -0.3 is 10.0 Å². The Morgan fingerprint density at radius 1 is 1.23 bits per heavy atom. The molecule has 1 saturated heterocycles. The lowest BCUT2D eigenvalue weighted by atomic mass is 10.2. The first-order valence-corrected chi connectivity index (χ1v) is 4.47. The minimum absolute atomic E-state index is 0.205. The van der Waals surface area contributed by atoms with Gasteiger partial charge in [0.1, 0.15) is 0 Å². The van der Waals surface area contributed by atoms with Gasteiger partial charge in [0.15, 0.2) is 6.10 Å². The van der Waals surface area contributed by atoms with Crippen molar-refractivity contribution in [3.8, 4) is 0 Å². The van der Waals surface area contributed by atoms with Gasteiger partial charge in [-0.2, -0.15) is 13.2 Å². The van der Waals surface area contributed by atoms with Crippen LogP contribution in [-0.4, -0.2) is 41.9 Å². The second-order valence-corrected chi connectivity index (χ2v) is 3.39. The molecule has 5 heteroatoms. The molecule has 1 heterocycles. The van der Waals surface area contributed by atoms with Crippen LogP contribution in [-0.2, 0) is 0 Å². The van der Waals surface area contributed by atoms with E-state index in [2.05, 4.69) is 0 Å². The number of rotatable bonds is 3. The molecular weight excluding hydrogens is 183 g/mol. The molecule has 0 spiro atoms. The van der Waals surface area contributed by atoms with Crippen LogP contribution in [0.4, 0.5) is 13.2 Å². The average Bonchev–Trinajstić information content (AvgIpc) is 2.50. The van der Waals surface area contributed by atoms with E-state index in [0.717, 1.165) is 25.9 Å². The fourth-order valence-electron chi connectivity index (χ4n) is 1.47. The van der Waals surface area contributed by atoms with Crippen molar-refractivity contribution in [2.24, 2.45) is 0 Å². The van der Waals surface area contributed by atoms with Gasteiger partial charge in [0.2, 0.25) is 0 Å². The van der Waals surface area contributed by atoms with E-state index in [4.69, 9.17) is 5.11 Å². The van der Waals surface area contributed by atoms with Crippen LogP contribution in [0, 0.1) is 0 Å². The van der Waals surface area contributed by atoms with Crippen molar-refractivity contribution >= 4 is 0 Å². The molecule has 1 N–H and O–H groups in total. The first-order chi connectivity index (χ1) is 6.00. The van der Waals surface area contributed by atoms with E-state index >= 15 is 0 Å². The molecule has 1 aliphatic heterocycles. The number of likely N-dealkylation sites (tertiary alicyclic amines) is 1. The second-order valence-electron chi connectivity index (χ2n) is 3.39. The lowest BCUT2D eigenvalue weighted by molar-refractivity contribution is -0.206. The standard InChI is InChI=1S/C8H14F3NO/c9-8(10,11)7(13)3-6-12-4-1-2-5-12/h7,13H,1-6H2/t7-/m1/s1. The molecule has 0 unspecified atom stereocenters. The molecular formula is C8H14F3NO. The molecule has 78 valence electrons. The van der Waals surface area contributed by atoms with Gasteiger partial charge in [-0.05, 0) is 32.4 Å². The first-order valence-electron chi connectivity index (χ1n) is 4.47. The van der Waals surface area contributed by atoms with Gasteiger partial charge in [0.05, 0.1) is 0 Å². The summed E-state index contributed by atoms with van der Waals surface area (Å²) in [5.74, 6) is 0. The van der Waals surface area contributed by atoms with Crippen LogP contribution in [0.2, 0.25) is 0 Å². The quantitative estimate of drug-likeness (QED) is 0.739. The molecule has 0 aliphatic carbocycles. The number of hydrogen-bond acceptors (Lipinski definition) is 2. The van der Waals surface area contributed by atoms with E-state index in [1.165, 1.54) is 0 Å². The monoisotopic (exact) mass is 197 g/mol. The highest BCUT2D eigenvalue weighted by Gasteiger charge is 2.37. The van der Waals surface area contributed by atoms with E-state index in [9.17, 15) is 13.2 Å². The summed E-state index contributed by atoms with van der Waals surface area (Å²) in [7, 11) is 0. The van der Waals surface area contributed by atoms with Crippen LogP contribution in [0.3, 0.4) is 0 Å². The fourth-order valence-corrected chi connectivity index (χ4v) is 1.47. The second kappa shape index (κ2) is 4.28. The zero-order chi connectivity index (χ0) is 9.90. The maximum Gasteiger partial charge on any atom is 0.414 e. The van der Waals surface area contributed by atoms with E-state index in [1.807, 2.05) is 4.90 Å². The molecule has 0 aromatic heterocycles. The van der Waals surface area contributed by atoms with E-state index in [0.29, 0.717) is 6.54 Å². The van der Waals surface area contributed by atoms with E-state index < -0.39 is 12.3 Å². The summed E-state index contributed by atoms with van der Waals surface area (Å²) in [4.78, 5) is 1.95. The van der Waals surface area contributed by atoms with Crippen molar-refractivity contribution < 1.29 is 18.3 Å². The third kappa shape index (κ3) is 3.52. The van der Waals surface area contributed by atoms with Crippen LogP contribution in [0.15, 0.2) is 0 Å². The fraction of sp³-hybridized carbons (Fsp3) is 1.00. The van der Waals surface area contributed by atoms with E-state index in [-0.39, 0.29) is 6.42 Å². The van der Waals surface area contributed by atoms with Gasteiger partial charge >= 0.3 is 6.18 Å². The van der Waals surface area contributed by atoms with Crippen LogP contribution in [0.25, 0.3) is 0 Å². The molecule has 1 atom stereocenters. The Hall–Kier alpha value is -0.290. The number of aliphatic hydroxyl groups excluding tert-OH is 1. The van der Waals surface area contributed by atoms with Gasteiger partial charge in [-0.3, -0.25) is 0 Å². The molecule has 0 radical (unpaired) electrons. The van der Waals surface area contributed by atoms with Crippen molar-refractivity contribution in [3.63, 3.8) is 0 Å². The van der Waals surface area contributed by atoms with E-state index in [1.54, 1.807) is 0 Å². The molecule has 1 fully saturated rings. The van der Waals surface area contributed by atoms with Crippen molar-refractivity contribution in [2.45, 2.75) is 31.5 Å². The number of hydrogen-bond donors (Lipinski definition) is 1. The topological polar surface area (TPSA) is 23.5 Å². The number of halogens is 3. The van der Waals surface area contributed by atoms with Crippen molar-refractivity contribution in [2.75, 3.05) is 19.6 Å². The van der Waals surface area contributed by atoms with Crippen molar-refractivity contribution in [1.29, 1.82) is 0 Å². The maximum absolute atomic E-state index is 11.9. The van der Waals surface area contributed by atoms with Crippen LogP contribution in [0.5, 0.6) is 0 Å². The highest BCUT2D eigenvalue weighted by Crippen LogP contribution is 2.22. The molecule has 1 rings (SSSR count).